The van der Waals surface area contributed by atoms with Crippen LogP contribution in [0.4, 0.5) is 5.69 Å². The van der Waals surface area contributed by atoms with Gasteiger partial charge in [0.15, 0.2) is 6.73 Å². The number of ether oxygens (including phenoxy) is 2. The van der Waals surface area contributed by atoms with Crippen molar-refractivity contribution < 1.29 is 14.6 Å². The van der Waals surface area contributed by atoms with E-state index < -0.39 is 0 Å². The molecule has 0 unspecified atom stereocenters. The molecule has 2 rings (SSSR count). The van der Waals surface area contributed by atoms with E-state index in [0.717, 1.165) is 11.3 Å². The molecule has 2 aromatic carbocycles. The van der Waals surface area contributed by atoms with Crippen molar-refractivity contribution in [3.63, 3.8) is 0 Å². The van der Waals surface area contributed by atoms with E-state index in [4.69, 9.17) is 9.47 Å². The number of aryl methyl sites for hydroxylation is 1. The Labute approximate surface area is 112 Å². The summed E-state index contributed by atoms with van der Waals surface area (Å²) in [6.45, 7) is 2.20. The van der Waals surface area contributed by atoms with Gasteiger partial charge in [0.1, 0.15) is 17.2 Å². The molecule has 0 heterocycles. The molecule has 0 spiro atoms. The third-order valence-electron chi connectivity index (χ3n) is 2.76. The van der Waals surface area contributed by atoms with Crippen LogP contribution in [0.2, 0.25) is 0 Å². The monoisotopic (exact) mass is 259 g/mol. The average Bonchev–Trinajstić information content (AvgIpc) is 2.43. The van der Waals surface area contributed by atoms with Crippen molar-refractivity contribution >= 4 is 5.69 Å². The van der Waals surface area contributed by atoms with Crippen LogP contribution in [-0.2, 0) is 0 Å². The molecule has 4 heteroatoms. The first-order valence-electron chi connectivity index (χ1n) is 6.00. The van der Waals surface area contributed by atoms with E-state index in [-0.39, 0.29) is 12.5 Å². The Hall–Kier alpha value is -2.36. The number of hydrogen-bond donors (Lipinski definition) is 2. The van der Waals surface area contributed by atoms with Gasteiger partial charge >= 0.3 is 0 Å². The molecule has 0 bridgehead atoms. The number of phenolic OH excluding ortho intramolecular Hbond substituents is 1. The van der Waals surface area contributed by atoms with Gasteiger partial charge in [0, 0.05) is 6.07 Å². The van der Waals surface area contributed by atoms with E-state index in [2.05, 4.69) is 5.32 Å². The van der Waals surface area contributed by atoms with Crippen molar-refractivity contribution in [2.45, 2.75) is 6.92 Å². The minimum atomic E-state index is 0.138. The summed E-state index contributed by atoms with van der Waals surface area (Å²) in [5.74, 6) is 1.57. The van der Waals surface area contributed by atoms with Gasteiger partial charge in [-0.1, -0.05) is 18.2 Å². The summed E-state index contributed by atoms with van der Waals surface area (Å²) in [6.07, 6.45) is 0. The van der Waals surface area contributed by atoms with Gasteiger partial charge in [-0.2, -0.15) is 0 Å². The molecule has 0 aliphatic heterocycles. The van der Waals surface area contributed by atoms with Crippen LogP contribution >= 0.6 is 0 Å². The third-order valence-corrected chi connectivity index (χ3v) is 2.76. The van der Waals surface area contributed by atoms with Crippen molar-refractivity contribution in [2.24, 2.45) is 0 Å². The summed E-state index contributed by atoms with van der Waals surface area (Å²) < 4.78 is 10.6. The lowest BCUT2D eigenvalue weighted by molar-refractivity contribution is 0.345. The molecule has 0 saturated heterocycles. The van der Waals surface area contributed by atoms with Crippen LogP contribution in [0.15, 0.2) is 42.5 Å². The number of benzene rings is 2. The van der Waals surface area contributed by atoms with Crippen LogP contribution in [-0.4, -0.2) is 18.9 Å². The molecule has 4 nitrogen and oxygen atoms in total. The molecule has 0 radical (unpaired) electrons. The average molecular weight is 259 g/mol. The van der Waals surface area contributed by atoms with Gasteiger partial charge in [-0.15, -0.1) is 0 Å². The summed E-state index contributed by atoms with van der Waals surface area (Å²) >= 11 is 0. The molecule has 19 heavy (non-hydrogen) atoms. The maximum absolute atomic E-state index is 9.85. The topological polar surface area (TPSA) is 50.7 Å². The second-order valence-electron chi connectivity index (χ2n) is 4.12. The fourth-order valence-corrected chi connectivity index (χ4v) is 1.75. The number of rotatable bonds is 5. The van der Waals surface area contributed by atoms with Gasteiger partial charge < -0.3 is 19.9 Å². The van der Waals surface area contributed by atoms with Crippen molar-refractivity contribution in [3.8, 4) is 17.2 Å². The van der Waals surface area contributed by atoms with Crippen LogP contribution in [0.3, 0.4) is 0 Å². The number of nitrogens with one attached hydrogen (secondary N) is 1. The molecular formula is C15H17NO3. The molecule has 0 aromatic heterocycles. The Balaban J connectivity index is 1.98. The van der Waals surface area contributed by atoms with E-state index in [1.165, 1.54) is 0 Å². The lowest BCUT2D eigenvalue weighted by Crippen LogP contribution is -2.09. The highest BCUT2D eigenvalue weighted by Crippen LogP contribution is 2.31. The van der Waals surface area contributed by atoms with Crippen LogP contribution in [0.1, 0.15) is 5.56 Å². The zero-order valence-corrected chi connectivity index (χ0v) is 11.0. The standard InChI is InChI=1S/C15H17NO3/c1-11-8-13(14(17)9-15(11)18-2)16-10-19-12-6-4-3-5-7-12/h3-9,16-17H,10H2,1-2H3. The highest BCUT2D eigenvalue weighted by Gasteiger charge is 2.06. The Kier molecular flexibility index (Phi) is 4.13. The third kappa shape index (κ3) is 3.31. The normalized spacial score (nSPS) is 10.0. The van der Waals surface area contributed by atoms with Gasteiger partial charge in [0.25, 0.3) is 0 Å². The van der Waals surface area contributed by atoms with Crippen LogP contribution in [0.25, 0.3) is 0 Å². The quantitative estimate of drug-likeness (QED) is 0.639. The predicted octanol–water partition coefficient (Wildman–Crippen LogP) is 3.16. The second kappa shape index (κ2) is 6.00. The van der Waals surface area contributed by atoms with E-state index in [0.29, 0.717) is 11.4 Å². The Morgan fingerprint density at radius 3 is 2.58 bits per heavy atom. The Morgan fingerprint density at radius 2 is 1.89 bits per heavy atom. The smallest absolute Gasteiger partial charge is 0.159 e. The van der Waals surface area contributed by atoms with E-state index in [1.807, 2.05) is 43.3 Å². The number of para-hydroxylation sites is 1. The molecule has 2 aromatic rings. The number of anilines is 1. The van der Waals surface area contributed by atoms with Crippen LogP contribution in [0.5, 0.6) is 17.2 Å². The first kappa shape index (κ1) is 13.1. The van der Waals surface area contributed by atoms with Crippen molar-refractivity contribution in [3.05, 3.63) is 48.0 Å². The number of hydrogen-bond acceptors (Lipinski definition) is 4. The van der Waals surface area contributed by atoms with Crippen molar-refractivity contribution in [1.82, 2.24) is 0 Å². The van der Waals surface area contributed by atoms with Gasteiger partial charge in [-0.3, -0.25) is 0 Å². The minimum absolute atomic E-state index is 0.138. The molecule has 0 aliphatic rings. The van der Waals surface area contributed by atoms with Gasteiger partial charge in [-0.25, -0.2) is 0 Å². The first-order chi connectivity index (χ1) is 9.20. The summed E-state index contributed by atoms with van der Waals surface area (Å²) in [5, 5.41) is 12.9. The minimum Gasteiger partial charge on any atom is -0.506 e. The van der Waals surface area contributed by atoms with Gasteiger partial charge in [-0.05, 0) is 30.7 Å². The highest BCUT2D eigenvalue weighted by molar-refractivity contribution is 5.61. The fourth-order valence-electron chi connectivity index (χ4n) is 1.75. The Morgan fingerprint density at radius 1 is 1.16 bits per heavy atom. The van der Waals surface area contributed by atoms with Crippen LogP contribution in [0, 0.1) is 6.92 Å². The lowest BCUT2D eigenvalue weighted by Gasteiger charge is -2.13. The van der Waals surface area contributed by atoms with Gasteiger partial charge in [0.05, 0.1) is 12.8 Å². The summed E-state index contributed by atoms with van der Waals surface area (Å²) in [5.41, 5.74) is 1.57. The first-order valence-corrected chi connectivity index (χ1v) is 6.00. The molecule has 0 fully saturated rings. The number of aromatic hydroxyl groups is 1. The maximum atomic E-state index is 9.85. The van der Waals surface area contributed by atoms with Gasteiger partial charge in [0.2, 0.25) is 0 Å². The number of methoxy groups -OCH3 is 1. The summed E-state index contributed by atoms with van der Waals surface area (Å²) in [4.78, 5) is 0. The molecule has 0 atom stereocenters. The molecule has 0 aliphatic carbocycles. The highest BCUT2D eigenvalue weighted by atomic mass is 16.5. The molecule has 100 valence electrons. The zero-order chi connectivity index (χ0) is 13.7. The van der Waals surface area contributed by atoms with Crippen molar-refractivity contribution in [2.75, 3.05) is 19.2 Å². The van der Waals surface area contributed by atoms with E-state index in [1.54, 1.807) is 13.2 Å². The maximum Gasteiger partial charge on any atom is 0.159 e. The summed E-state index contributed by atoms with van der Waals surface area (Å²) in [6, 6.07) is 12.9. The summed E-state index contributed by atoms with van der Waals surface area (Å²) in [7, 11) is 1.58. The number of phenols is 1. The Bertz CT molecular complexity index is 541. The van der Waals surface area contributed by atoms with Crippen molar-refractivity contribution in [1.29, 1.82) is 0 Å². The van der Waals surface area contributed by atoms with E-state index in [9.17, 15) is 5.11 Å². The molecule has 2 N–H and O–H groups in total. The van der Waals surface area contributed by atoms with E-state index >= 15 is 0 Å². The molecular weight excluding hydrogens is 242 g/mol. The lowest BCUT2D eigenvalue weighted by atomic mass is 10.2. The largest absolute Gasteiger partial charge is 0.506 e. The molecule has 0 amide bonds. The predicted molar refractivity (Wildman–Crippen MR) is 75.0 cm³/mol. The SMILES string of the molecule is COc1cc(O)c(NCOc2ccccc2)cc1C. The molecule has 0 saturated carbocycles. The second-order valence-corrected chi connectivity index (χ2v) is 4.12. The fraction of sp³-hybridized carbons (Fsp3) is 0.200. The zero-order valence-electron chi connectivity index (χ0n) is 11.0. The van der Waals surface area contributed by atoms with Crippen LogP contribution < -0.4 is 14.8 Å².